The number of aromatic nitrogens is 2. The number of benzene rings is 8. The van der Waals surface area contributed by atoms with Gasteiger partial charge in [0.1, 0.15) is 0 Å². The molecule has 8 aromatic carbocycles. The molecule has 0 spiro atoms. The molecule has 12 rings (SSSR count). The molecule has 2 aromatic heterocycles. The highest BCUT2D eigenvalue weighted by molar-refractivity contribution is 6.17. The van der Waals surface area contributed by atoms with Crippen molar-refractivity contribution in [2.75, 3.05) is 0 Å². The standard InChI is InChI=1S/C51H34N2/c1-51(2)43-21-10-8-17-36(43)38-25-28-47-48(49(38)51)42-30-32(24-27-46(42)52(47)33-13-4-3-5-14-33)31-23-26-45-41(29-31)35-16-7-6-15-34(35)39-19-12-20-40-37-18-9-11-22-44(37)53(45)50(39)40/h3-30H,1-2H3. The maximum Gasteiger partial charge on any atom is 0.0619 e. The van der Waals surface area contributed by atoms with Gasteiger partial charge in [0, 0.05) is 43.8 Å². The summed E-state index contributed by atoms with van der Waals surface area (Å²) < 4.78 is 4.96. The molecule has 2 nitrogen and oxygen atoms in total. The fraction of sp³-hybridized carbons (Fsp3) is 0.0588. The number of hydrogen-bond acceptors (Lipinski definition) is 0. The van der Waals surface area contributed by atoms with E-state index < -0.39 is 0 Å². The second kappa shape index (κ2) is 10.2. The molecule has 53 heavy (non-hydrogen) atoms. The Balaban J connectivity index is 1.15. The Morgan fingerprint density at radius 3 is 1.91 bits per heavy atom. The van der Waals surface area contributed by atoms with E-state index in [4.69, 9.17) is 0 Å². The Bertz CT molecular complexity index is 3190. The van der Waals surface area contributed by atoms with Crippen molar-refractivity contribution in [2.45, 2.75) is 19.3 Å². The molecule has 10 aromatic rings. The van der Waals surface area contributed by atoms with Crippen LogP contribution < -0.4 is 0 Å². The number of fused-ring (bicyclic) bond motifs is 15. The van der Waals surface area contributed by atoms with Gasteiger partial charge in [-0.25, -0.2) is 0 Å². The van der Waals surface area contributed by atoms with Crippen LogP contribution in [0.2, 0.25) is 0 Å². The molecule has 0 bridgehead atoms. The van der Waals surface area contributed by atoms with Crippen molar-refractivity contribution >= 4 is 43.6 Å². The van der Waals surface area contributed by atoms with Gasteiger partial charge in [0.25, 0.3) is 0 Å². The summed E-state index contributed by atoms with van der Waals surface area (Å²) in [5.74, 6) is 0. The number of para-hydroxylation sites is 3. The lowest BCUT2D eigenvalue weighted by atomic mass is 9.80. The van der Waals surface area contributed by atoms with E-state index in [0.717, 1.165) is 0 Å². The van der Waals surface area contributed by atoms with Crippen LogP contribution in [0.15, 0.2) is 170 Å². The lowest BCUT2D eigenvalue weighted by molar-refractivity contribution is 0.666. The van der Waals surface area contributed by atoms with Crippen molar-refractivity contribution in [3.63, 3.8) is 0 Å². The van der Waals surface area contributed by atoms with Gasteiger partial charge in [-0.15, -0.1) is 0 Å². The van der Waals surface area contributed by atoms with Crippen molar-refractivity contribution in [3.8, 4) is 55.9 Å². The van der Waals surface area contributed by atoms with E-state index in [0.29, 0.717) is 0 Å². The fourth-order valence-electron chi connectivity index (χ4n) is 9.98. The van der Waals surface area contributed by atoms with E-state index in [1.54, 1.807) is 0 Å². The molecular formula is C51H34N2. The van der Waals surface area contributed by atoms with Gasteiger partial charge in [-0.05, 0) is 93.0 Å². The third-order valence-corrected chi connectivity index (χ3v) is 12.2. The lowest BCUT2D eigenvalue weighted by Gasteiger charge is -2.22. The molecule has 0 amide bonds. The Morgan fingerprint density at radius 2 is 1.04 bits per heavy atom. The fourth-order valence-corrected chi connectivity index (χ4v) is 9.98. The van der Waals surface area contributed by atoms with Crippen molar-refractivity contribution in [1.29, 1.82) is 0 Å². The molecule has 1 aliphatic carbocycles. The topological polar surface area (TPSA) is 9.86 Å². The van der Waals surface area contributed by atoms with Crippen LogP contribution in [0.5, 0.6) is 0 Å². The zero-order valence-corrected chi connectivity index (χ0v) is 29.6. The molecular weight excluding hydrogens is 641 g/mol. The average molecular weight is 675 g/mol. The molecule has 0 radical (unpaired) electrons. The number of rotatable bonds is 2. The van der Waals surface area contributed by atoms with Crippen LogP contribution in [-0.2, 0) is 5.41 Å². The third kappa shape index (κ3) is 3.72. The molecule has 0 unspecified atom stereocenters. The first-order chi connectivity index (χ1) is 26.1. The molecule has 0 atom stereocenters. The van der Waals surface area contributed by atoms with Gasteiger partial charge in [-0.2, -0.15) is 0 Å². The Hall–Kier alpha value is -6.64. The second-order valence-electron chi connectivity index (χ2n) is 15.3. The van der Waals surface area contributed by atoms with Crippen molar-refractivity contribution in [1.82, 2.24) is 9.13 Å². The lowest BCUT2D eigenvalue weighted by Crippen LogP contribution is -2.15. The highest BCUT2D eigenvalue weighted by atomic mass is 15.0. The average Bonchev–Trinajstić information content (AvgIpc) is 3.77. The van der Waals surface area contributed by atoms with Crippen LogP contribution in [0.3, 0.4) is 0 Å². The van der Waals surface area contributed by atoms with Crippen LogP contribution in [0, 0.1) is 0 Å². The predicted molar refractivity (Wildman–Crippen MR) is 223 cm³/mol. The van der Waals surface area contributed by atoms with Crippen molar-refractivity contribution in [3.05, 3.63) is 181 Å². The van der Waals surface area contributed by atoms with E-state index in [9.17, 15) is 0 Å². The summed E-state index contributed by atoms with van der Waals surface area (Å²) in [6.07, 6.45) is 0. The van der Waals surface area contributed by atoms with E-state index in [1.807, 2.05) is 0 Å². The van der Waals surface area contributed by atoms with Gasteiger partial charge in [-0.1, -0.05) is 135 Å². The molecule has 2 aliphatic rings. The highest BCUT2D eigenvalue weighted by Gasteiger charge is 2.38. The largest absolute Gasteiger partial charge is 0.309 e. The summed E-state index contributed by atoms with van der Waals surface area (Å²) in [5, 5.41) is 5.22. The minimum Gasteiger partial charge on any atom is -0.309 e. The van der Waals surface area contributed by atoms with Gasteiger partial charge < -0.3 is 9.13 Å². The first-order valence-corrected chi connectivity index (χ1v) is 18.6. The monoisotopic (exact) mass is 674 g/mol. The van der Waals surface area contributed by atoms with Gasteiger partial charge in [0.2, 0.25) is 0 Å². The van der Waals surface area contributed by atoms with Crippen LogP contribution in [0.4, 0.5) is 0 Å². The van der Waals surface area contributed by atoms with E-state index in [1.165, 1.54) is 111 Å². The van der Waals surface area contributed by atoms with E-state index >= 15 is 0 Å². The molecule has 0 saturated heterocycles. The minimum atomic E-state index is -0.134. The van der Waals surface area contributed by atoms with E-state index in [-0.39, 0.29) is 5.41 Å². The number of hydrogen-bond donors (Lipinski definition) is 0. The molecule has 0 fully saturated rings. The second-order valence-corrected chi connectivity index (χ2v) is 15.3. The zero-order chi connectivity index (χ0) is 35.0. The van der Waals surface area contributed by atoms with Gasteiger partial charge >= 0.3 is 0 Å². The molecule has 3 heterocycles. The summed E-state index contributed by atoms with van der Waals surface area (Å²) in [5.41, 5.74) is 20.3. The SMILES string of the molecule is CC1(C)c2ccccc2-c2ccc3c(c21)c1cc(-c2ccc4c(c2)-c2ccccc2-c2cccc5c6ccccc6n-4c25)ccc1n3-c1ccccc1. The zero-order valence-electron chi connectivity index (χ0n) is 29.6. The van der Waals surface area contributed by atoms with E-state index in [2.05, 4.69) is 193 Å². The summed E-state index contributed by atoms with van der Waals surface area (Å²) in [6, 6.07) is 63.3. The van der Waals surface area contributed by atoms with Crippen molar-refractivity contribution < 1.29 is 0 Å². The molecule has 0 saturated carbocycles. The van der Waals surface area contributed by atoms with Crippen LogP contribution in [0.1, 0.15) is 25.0 Å². The van der Waals surface area contributed by atoms with Crippen LogP contribution >= 0.6 is 0 Å². The van der Waals surface area contributed by atoms with Crippen LogP contribution in [0.25, 0.3) is 99.5 Å². The van der Waals surface area contributed by atoms with Gasteiger partial charge in [0.15, 0.2) is 0 Å². The Labute approximate surface area is 307 Å². The maximum absolute atomic E-state index is 2.50. The smallest absolute Gasteiger partial charge is 0.0619 e. The summed E-state index contributed by atoms with van der Waals surface area (Å²) in [7, 11) is 0. The number of nitrogens with zero attached hydrogens (tertiary/aromatic N) is 2. The van der Waals surface area contributed by atoms with Crippen LogP contribution in [-0.4, -0.2) is 9.13 Å². The molecule has 2 heteroatoms. The summed E-state index contributed by atoms with van der Waals surface area (Å²) in [6.45, 7) is 4.80. The van der Waals surface area contributed by atoms with Gasteiger partial charge in [-0.3, -0.25) is 0 Å². The summed E-state index contributed by atoms with van der Waals surface area (Å²) >= 11 is 0. The first kappa shape index (κ1) is 29.0. The molecule has 248 valence electrons. The maximum atomic E-state index is 2.50. The highest BCUT2D eigenvalue weighted by Crippen LogP contribution is 2.54. The summed E-state index contributed by atoms with van der Waals surface area (Å²) in [4.78, 5) is 0. The minimum absolute atomic E-state index is 0.134. The molecule has 1 aliphatic heterocycles. The Morgan fingerprint density at radius 1 is 0.396 bits per heavy atom. The quantitative estimate of drug-likeness (QED) is 0.173. The predicted octanol–water partition coefficient (Wildman–Crippen LogP) is 13.5. The normalized spacial score (nSPS) is 13.6. The Kier molecular flexibility index (Phi) is 5.60. The van der Waals surface area contributed by atoms with Crippen molar-refractivity contribution in [2.24, 2.45) is 0 Å². The van der Waals surface area contributed by atoms with Gasteiger partial charge in [0.05, 0.1) is 27.8 Å². The first-order valence-electron chi connectivity index (χ1n) is 18.6. The molecule has 0 N–H and O–H groups in total. The third-order valence-electron chi connectivity index (χ3n) is 12.2.